The van der Waals surface area contributed by atoms with Gasteiger partial charge < -0.3 is 54.4 Å². The standard InChI is InChI=1S/C42H58N4O9/c1-29(2)41(45-39(47)24-43)42(48)55-38-26-44-25-37(54-27-30-11-16-36-34(23-30)46(18-22-53-36)17-7-19-49-3)40(38)31-12-14-33(15-13-31)52-21-8-20-51-28-32-9-5-6-10-35(32)50-4/h5-6,9-16,23,29,37-38,40-41,44H,7-8,17-22,24-28,43H2,1-4H3,(H,45,47)/t37-,38+,40+,41-/m0/s1. The molecule has 300 valence electrons. The molecule has 0 saturated carbocycles. The van der Waals surface area contributed by atoms with Crippen LogP contribution in [0.15, 0.2) is 66.7 Å². The van der Waals surface area contributed by atoms with Crippen LogP contribution in [0.25, 0.3) is 0 Å². The molecule has 0 unspecified atom stereocenters. The van der Waals surface area contributed by atoms with E-state index in [1.54, 1.807) is 14.2 Å². The van der Waals surface area contributed by atoms with Crippen molar-refractivity contribution in [2.75, 3.05) is 78.3 Å². The Morgan fingerprint density at radius 1 is 0.964 bits per heavy atom. The van der Waals surface area contributed by atoms with Crippen LogP contribution in [0.5, 0.6) is 17.2 Å². The average molecular weight is 763 g/mol. The molecule has 0 aliphatic carbocycles. The summed E-state index contributed by atoms with van der Waals surface area (Å²) in [4.78, 5) is 28.1. The molecule has 2 heterocycles. The number of anilines is 1. The van der Waals surface area contributed by atoms with Crippen LogP contribution in [-0.4, -0.2) is 103 Å². The first-order valence-electron chi connectivity index (χ1n) is 19.3. The molecule has 5 rings (SSSR count). The summed E-state index contributed by atoms with van der Waals surface area (Å²) >= 11 is 0. The normalized spacial score (nSPS) is 18.6. The van der Waals surface area contributed by atoms with E-state index in [2.05, 4.69) is 21.6 Å². The number of fused-ring (bicyclic) bond motifs is 1. The van der Waals surface area contributed by atoms with Crippen molar-refractivity contribution in [3.05, 3.63) is 83.4 Å². The second kappa shape index (κ2) is 21.6. The van der Waals surface area contributed by atoms with Crippen LogP contribution in [0, 0.1) is 5.92 Å². The summed E-state index contributed by atoms with van der Waals surface area (Å²) < 4.78 is 41.4. The van der Waals surface area contributed by atoms with E-state index in [-0.39, 0.29) is 24.5 Å². The Labute approximate surface area is 325 Å². The fraction of sp³-hybridized carbons (Fsp3) is 0.524. The first-order chi connectivity index (χ1) is 26.8. The molecule has 13 nitrogen and oxygen atoms in total. The van der Waals surface area contributed by atoms with Gasteiger partial charge in [0.1, 0.15) is 36.0 Å². The zero-order valence-corrected chi connectivity index (χ0v) is 32.6. The van der Waals surface area contributed by atoms with Gasteiger partial charge in [-0.05, 0) is 53.8 Å². The molecular weight excluding hydrogens is 704 g/mol. The molecular formula is C42H58N4O9. The number of nitrogens with zero attached hydrogens (tertiary/aromatic N) is 1. The largest absolute Gasteiger partial charge is 0.496 e. The number of methoxy groups -OCH3 is 2. The molecule has 1 saturated heterocycles. The van der Waals surface area contributed by atoms with Gasteiger partial charge in [0.15, 0.2) is 0 Å². The van der Waals surface area contributed by atoms with E-state index in [0.717, 1.165) is 65.6 Å². The van der Waals surface area contributed by atoms with Gasteiger partial charge >= 0.3 is 5.97 Å². The molecule has 0 radical (unpaired) electrons. The molecule has 4 atom stereocenters. The van der Waals surface area contributed by atoms with Crippen LogP contribution in [0.1, 0.15) is 49.3 Å². The average Bonchev–Trinajstić information content (AvgIpc) is 3.20. The number of hydrogen-bond donors (Lipinski definition) is 3. The number of nitrogens with one attached hydrogen (secondary N) is 2. The predicted octanol–water partition coefficient (Wildman–Crippen LogP) is 4.20. The third-order valence-corrected chi connectivity index (χ3v) is 9.82. The number of carbonyl (C=O) groups excluding carboxylic acids is 2. The number of carbonyl (C=O) groups is 2. The topological polar surface area (TPSA) is 152 Å². The zero-order valence-electron chi connectivity index (χ0n) is 32.6. The lowest BCUT2D eigenvalue weighted by atomic mass is 9.85. The molecule has 0 spiro atoms. The molecule has 1 fully saturated rings. The van der Waals surface area contributed by atoms with E-state index in [1.165, 1.54) is 0 Å². The van der Waals surface area contributed by atoms with Crippen molar-refractivity contribution in [3.63, 3.8) is 0 Å². The molecule has 0 bridgehead atoms. The quantitative estimate of drug-likeness (QED) is 0.105. The lowest BCUT2D eigenvalue weighted by molar-refractivity contribution is -0.159. The number of ether oxygens (including phenoxy) is 7. The summed E-state index contributed by atoms with van der Waals surface area (Å²) in [5.41, 5.74) is 9.56. The highest BCUT2D eigenvalue weighted by Crippen LogP contribution is 2.35. The first kappa shape index (κ1) is 41.8. The molecule has 3 aromatic carbocycles. The van der Waals surface area contributed by atoms with Gasteiger partial charge in [-0.1, -0.05) is 50.2 Å². The van der Waals surface area contributed by atoms with Crippen LogP contribution >= 0.6 is 0 Å². The van der Waals surface area contributed by atoms with Gasteiger partial charge in [-0.3, -0.25) is 4.79 Å². The van der Waals surface area contributed by atoms with Crippen molar-refractivity contribution in [2.24, 2.45) is 11.7 Å². The van der Waals surface area contributed by atoms with Gasteiger partial charge in [0.05, 0.1) is 58.4 Å². The van der Waals surface area contributed by atoms with E-state index in [4.69, 9.17) is 38.9 Å². The molecule has 13 heteroatoms. The van der Waals surface area contributed by atoms with E-state index in [1.807, 2.05) is 74.5 Å². The van der Waals surface area contributed by atoms with Crippen molar-refractivity contribution < 1.29 is 42.7 Å². The van der Waals surface area contributed by atoms with E-state index < -0.39 is 24.0 Å². The Morgan fingerprint density at radius 3 is 2.53 bits per heavy atom. The number of piperidine rings is 1. The highest BCUT2D eigenvalue weighted by atomic mass is 16.6. The highest BCUT2D eigenvalue weighted by Gasteiger charge is 2.39. The summed E-state index contributed by atoms with van der Waals surface area (Å²) in [6.07, 6.45) is 0.738. The summed E-state index contributed by atoms with van der Waals surface area (Å²) in [5, 5.41) is 6.13. The maximum absolute atomic E-state index is 13.6. The Balaban J connectivity index is 1.26. The SMILES string of the molecule is COCCCN1CCOc2ccc(CO[C@H]3CNC[C@@H](OC(=O)[C@@H](NC(=O)CN)C(C)C)[C@@H]3c3ccc(OCCCOCc4ccccc4OC)cc3)cc21. The van der Waals surface area contributed by atoms with Crippen molar-refractivity contribution in [1.82, 2.24) is 10.6 Å². The molecule has 4 N–H and O–H groups in total. The smallest absolute Gasteiger partial charge is 0.329 e. The second-order valence-corrected chi connectivity index (χ2v) is 14.1. The molecule has 1 amide bonds. The predicted molar refractivity (Wildman–Crippen MR) is 210 cm³/mol. The molecule has 3 aromatic rings. The summed E-state index contributed by atoms with van der Waals surface area (Å²) in [6, 6.07) is 21.0. The van der Waals surface area contributed by atoms with Crippen molar-refractivity contribution >= 4 is 17.6 Å². The number of esters is 1. The summed E-state index contributed by atoms with van der Waals surface area (Å²) in [5.74, 6) is 0.976. The van der Waals surface area contributed by atoms with Gasteiger partial charge in [0, 0.05) is 51.3 Å². The number of amides is 1. The van der Waals surface area contributed by atoms with Crippen molar-refractivity contribution in [1.29, 1.82) is 0 Å². The summed E-state index contributed by atoms with van der Waals surface area (Å²) in [6.45, 7) is 9.35. The Hall–Kier alpha value is -4.40. The van der Waals surface area contributed by atoms with Crippen LogP contribution < -0.4 is 35.5 Å². The van der Waals surface area contributed by atoms with E-state index in [0.29, 0.717) is 52.7 Å². The molecule has 2 aliphatic rings. The van der Waals surface area contributed by atoms with Gasteiger partial charge in [-0.2, -0.15) is 0 Å². The summed E-state index contributed by atoms with van der Waals surface area (Å²) in [7, 11) is 3.37. The fourth-order valence-corrected chi connectivity index (χ4v) is 6.91. The maximum atomic E-state index is 13.6. The molecule has 0 aromatic heterocycles. The third kappa shape index (κ3) is 12.0. The van der Waals surface area contributed by atoms with Crippen LogP contribution in [0.2, 0.25) is 0 Å². The monoisotopic (exact) mass is 762 g/mol. The maximum Gasteiger partial charge on any atom is 0.329 e. The first-order valence-corrected chi connectivity index (χ1v) is 19.3. The van der Waals surface area contributed by atoms with Gasteiger partial charge in [0.25, 0.3) is 0 Å². The van der Waals surface area contributed by atoms with Crippen LogP contribution in [0.3, 0.4) is 0 Å². The van der Waals surface area contributed by atoms with Gasteiger partial charge in [0.2, 0.25) is 5.91 Å². The zero-order chi connectivity index (χ0) is 39.0. The number of para-hydroxylation sites is 1. The number of nitrogens with two attached hydrogens (primary N) is 1. The molecule has 2 aliphatic heterocycles. The van der Waals surface area contributed by atoms with Crippen LogP contribution in [-0.2, 0) is 41.8 Å². The van der Waals surface area contributed by atoms with Crippen molar-refractivity contribution in [3.8, 4) is 17.2 Å². The van der Waals surface area contributed by atoms with Gasteiger partial charge in [-0.25, -0.2) is 4.79 Å². The Bertz CT molecular complexity index is 1640. The minimum absolute atomic E-state index is 0.199. The van der Waals surface area contributed by atoms with Crippen LogP contribution in [0.4, 0.5) is 5.69 Å². The van der Waals surface area contributed by atoms with Gasteiger partial charge in [-0.15, -0.1) is 0 Å². The third-order valence-electron chi connectivity index (χ3n) is 9.82. The Kier molecular flexibility index (Phi) is 16.4. The second-order valence-electron chi connectivity index (χ2n) is 14.1. The number of hydrogen-bond acceptors (Lipinski definition) is 12. The van der Waals surface area contributed by atoms with Crippen molar-refractivity contribution in [2.45, 2.75) is 64.1 Å². The van der Waals surface area contributed by atoms with E-state index >= 15 is 0 Å². The molecule has 55 heavy (non-hydrogen) atoms. The minimum atomic E-state index is -0.836. The Morgan fingerprint density at radius 2 is 1.76 bits per heavy atom. The lowest BCUT2D eigenvalue weighted by Gasteiger charge is -2.39. The number of benzene rings is 3. The lowest BCUT2D eigenvalue weighted by Crippen LogP contribution is -2.54. The minimum Gasteiger partial charge on any atom is -0.496 e. The number of rotatable bonds is 21. The fourth-order valence-electron chi connectivity index (χ4n) is 6.91. The highest BCUT2D eigenvalue weighted by molar-refractivity contribution is 5.85. The van der Waals surface area contributed by atoms with E-state index in [9.17, 15) is 9.59 Å².